The molecule has 0 radical (unpaired) electrons. The molecular formula is C18H34N4O4. The minimum absolute atomic E-state index is 0.142. The van der Waals surface area contributed by atoms with Crippen LogP contribution in [0.25, 0.3) is 0 Å². The molecule has 1 saturated carbocycles. The van der Waals surface area contributed by atoms with E-state index in [0.29, 0.717) is 6.42 Å². The lowest BCUT2D eigenvalue weighted by Gasteiger charge is -2.36. The van der Waals surface area contributed by atoms with Crippen molar-refractivity contribution in [2.24, 2.45) is 22.9 Å². The van der Waals surface area contributed by atoms with Gasteiger partial charge in [-0.3, -0.25) is 9.59 Å². The van der Waals surface area contributed by atoms with Crippen LogP contribution in [0, 0.1) is 17.8 Å². The van der Waals surface area contributed by atoms with E-state index in [1.807, 2.05) is 0 Å². The number of hydrogen-bond donors (Lipinski definition) is 4. The second-order valence-corrected chi connectivity index (χ2v) is 6.72. The standard InChI is InChI=1S/C18H34N4O4/c1-6-12(7-2)16(22-11(4)23)15-14(20-10-21-19-5)9-13(17(15)24)18(25)26-8-3/h10,12-17,19,24H,6-9H2,1-5H3,(H,20,21)(H,22,23)/t13-,14+,15+,16-,17+/m0/s1. The van der Waals surface area contributed by atoms with Gasteiger partial charge in [-0.05, 0) is 19.3 Å². The highest BCUT2D eigenvalue weighted by molar-refractivity contribution is 5.75. The van der Waals surface area contributed by atoms with Crippen LogP contribution >= 0.6 is 0 Å². The molecule has 26 heavy (non-hydrogen) atoms. The maximum Gasteiger partial charge on any atom is 0.311 e. The quantitative estimate of drug-likeness (QED) is 0.194. The van der Waals surface area contributed by atoms with Crippen LogP contribution in [-0.2, 0) is 14.3 Å². The lowest BCUT2D eigenvalue weighted by Crippen LogP contribution is -2.53. The van der Waals surface area contributed by atoms with Gasteiger partial charge in [-0.1, -0.05) is 26.7 Å². The number of ether oxygens (including phenoxy) is 1. The molecule has 8 nitrogen and oxygen atoms in total. The zero-order valence-corrected chi connectivity index (χ0v) is 16.5. The molecule has 0 aromatic heterocycles. The largest absolute Gasteiger partial charge is 0.466 e. The topological polar surface area (TPSA) is 112 Å². The van der Waals surface area contributed by atoms with Crippen molar-refractivity contribution < 1.29 is 19.4 Å². The van der Waals surface area contributed by atoms with Gasteiger partial charge >= 0.3 is 5.97 Å². The summed E-state index contributed by atoms with van der Waals surface area (Å²) < 4.78 is 5.13. The average Bonchev–Trinajstić information content (AvgIpc) is 2.91. The highest BCUT2D eigenvalue weighted by Gasteiger charge is 2.50. The number of nitrogens with zero attached hydrogens (tertiary/aromatic N) is 1. The van der Waals surface area contributed by atoms with E-state index in [1.165, 1.54) is 13.3 Å². The molecule has 1 amide bonds. The molecule has 0 aromatic rings. The summed E-state index contributed by atoms with van der Waals surface area (Å²) in [4.78, 5) is 24.1. The molecule has 0 unspecified atom stereocenters. The van der Waals surface area contributed by atoms with Crippen molar-refractivity contribution in [3.63, 3.8) is 0 Å². The van der Waals surface area contributed by atoms with E-state index in [4.69, 9.17) is 4.74 Å². The maximum atomic E-state index is 12.3. The van der Waals surface area contributed by atoms with Gasteiger partial charge in [-0.15, -0.1) is 0 Å². The van der Waals surface area contributed by atoms with Gasteiger partial charge in [0, 0.05) is 32.0 Å². The Balaban J connectivity index is 3.15. The molecule has 0 bridgehead atoms. The van der Waals surface area contributed by atoms with Crippen molar-refractivity contribution in [2.75, 3.05) is 13.7 Å². The second-order valence-electron chi connectivity index (χ2n) is 6.72. The van der Waals surface area contributed by atoms with Crippen LogP contribution in [0.15, 0.2) is 5.10 Å². The van der Waals surface area contributed by atoms with E-state index in [-0.39, 0.29) is 36.4 Å². The number of nitrogens with one attached hydrogen (secondary N) is 3. The zero-order valence-electron chi connectivity index (χ0n) is 16.5. The number of hydrogen-bond acceptors (Lipinski definition) is 6. The van der Waals surface area contributed by atoms with Gasteiger partial charge in [0.15, 0.2) is 0 Å². The summed E-state index contributed by atoms with van der Waals surface area (Å²) in [7, 11) is 1.69. The normalized spacial score (nSPS) is 26.7. The Morgan fingerprint density at radius 3 is 2.46 bits per heavy atom. The lowest BCUT2D eigenvalue weighted by molar-refractivity contribution is -0.151. The molecule has 1 rings (SSSR count). The minimum atomic E-state index is -0.896. The number of carbonyl (C=O) groups excluding carboxylic acids is 2. The summed E-state index contributed by atoms with van der Waals surface area (Å²) in [6.07, 6.45) is 2.79. The summed E-state index contributed by atoms with van der Waals surface area (Å²) >= 11 is 0. The molecule has 1 aliphatic rings. The zero-order chi connectivity index (χ0) is 19.7. The van der Waals surface area contributed by atoms with Crippen molar-refractivity contribution in [3.05, 3.63) is 0 Å². The molecule has 1 aliphatic carbocycles. The van der Waals surface area contributed by atoms with Crippen molar-refractivity contribution >= 4 is 18.2 Å². The Bertz CT molecular complexity index is 482. The Kier molecular flexibility index (Phi) is 9.40. The molecule has 150 valence electrons. The molecule has 1 fully saturated rings. The van der Waals surface area contributed by atoms with Crippen LogP contribution in [0.1, 0.15) is 47.0 Å². The number of amides is 1. The van der Waals surface area contributed by atoms with Gasteiger partial charge in [-0.2, -0.15) is 5.10 Å². The lowest BCUT2D eigenvalue weighted by atomic mass is 9.80. The maximum absolute atomic E-state index is 12.3. The smallest absolute Gasteiger partial charge is 0.311 e. The first-order chi connectivity index (χ1) is 12.4. The number of esters is 1. The number of aliphatic hydroxyl groups excluding tert-OH is 1. The first kappa shape index (κ1) is 22.2. The van der Waals surface area contributed by atoms with Crippen LogP contribution in [0.5, 0.6) is 0 Å². The number of aliphatic hydroxyl groups is 1. The van der Waals surface area contributed by atoms with Crippen LogP contribution in [0.2, 0.25) is 0 Å². The predicted octanol–water partition coefficient (Wildman–Crippen LogP) is 0.608. The Morgan fingerprint density at radius 1 is 1.31 bits per heavy atom. The Morgan fingerprint density at radius 2 is 1.96 bits per heavy atom. The van der Waals surface area contributed by atoms with Gasteiger partial charge in [0.05, 0.1) is 18.6 Å². The summed E-state index contributed by atoms with van der Waals surface area (Å²) in [6.45, 7) is 7.63. The van der Waals surface area contributed by atoms with Gasteiger partial charge in [0.25, 0.3) is 0 Å². The second kappa shape index (κ2) is 11.0. The van der Waals surface area contributed by atoms with Gasteiger partial charge in [0.1, 0.15) is 6.34 Å². The Labute approximate surface area is 156 Å². The van der Waals surface area contributed by atoms with Gasteiger partial charge < -0.3 is 25.9 Å². The number of hydrazone groups is 1. The number of carbonyl (C=O) groups is 2. The minimum Gasteiger partial charge on any atom is -0.466 e. The van der Waals surface area contributed by atoms with E-state index in [0.717, 1.165) is 12.8 Å². The van der Waals surface area contributed by atoms with Crippen LogP contribution in [0.4, 0.5) is 0 Å². The van der Waals surface area contributed by atoms with E-state index < -0.39 is 18.0 Å². The molecule has 0 aromatic carbocycles. The molecule has 0 aliphatic heterocycles. The third kappa shape index (κ3) is 5.59. The van der Waals surface area contributed by atoms with E-state index in [1.54, 1.807) is 14.0 Å². The first-order valence-electron chi connectivity index (χ1n) is 9.47. The summed E-state index contributed by atoms with van der Waals surface area (Å²) in [6, 6.07) is -0.439. The number of rotatable bonds is 10. The molecule has 4 N–H and O–H groups in total. The fourth-order valence-electron chi connectivity index (χ4n) is 3.96. The van der Waals surface area contributed by atoms with Crippen molar-refractivity contribution in [2.45, 2.75) is 65.1 Å². The molecule has 5 atom stereocenters. The molecule has 0 heterocycles. The molecule has 0 saturated heterocycles. The highest BCUT2D eigenvalue weighted by Crippen LogP contribution is 2.38. The fourth-order valence-corrected chi connectivity index (χ4v) is 3.96. The first-order valence-corrected chi connectivity index (χ1v) is 9.47. The van der Waals surface area contributed by atoms with Crippen molar-refractivity contribution in [1.29, 1.82) is 0 Å². The van der Waals surface area contributed by atoms with Crippen LogP contribution in [0.3, 0.4) is 0 Å². The SMILES string of the molecule is CCOC(=O)[C@H]1C[C@@H](NC=NNC)[C@H]([C@@H](NC(C)=O)C(CC)CC)[C@@H]1O. The summed E-state index contributed by atoms with van der Waals surface area (Å²) in [5.74, 6) is -1.28. The molecular weight excluding hydrogens is 336 g/mol. The summed E-state index contributed by atoms with van der Waals surface area (Å²) in [5, 5.41) is 21.1. The van der Waals surface area contributed by atoms with Crippen LogP contribution in [-0.4, -0.2) is 55.2 Å². The third-order valence-corrected chi connectivity index (χ3v) is 5.19. The highest BCUT2D eigenvalue weighted by atomic mass is 16.5. The van der Waals surface area contributed by atoms with Gasteiger partial charge in [-0.25, -0.2) is 0 Å². The van der Waals surface area contributed by atoms with E-state index in [9.17, 15) is 14.7 Å². The molecule has 8 heteroatoms. The van der Waals surface area contributed by atoms with Crippen molar-refractivity contribution in [3.8, 4) is 0 Å². The Hall–Kier alpha value is -1.83. The summed E-state index contributed by atoms with van der Waals surface area (Å²) in [5.41, 5.74) is 2.66. The fraction of sp³-hybridized carbons (Fsp3) is 0.833. The molecule has 0 spiro atoms. The monoisotopic (exact) mass is 370 g/mol. The van der Waals surface area contributed by atoms with Gasteiger partial charge in [0.2, 0.25) is 5.91 Å². The van der Waals surface area contributed by atoms with Crippen LogP contribution < -0.4 is 16.1 Å². The predicted molar refractivity (Wildman–Crippen MR) is 100 cm³/mol. The van der Waals surface area contributed by atoms with E-state index in [2.05, 4.69) is 35.0 Å². The third-order valence-electron chi connectivity index (χ3n) is 5.19. The van der Waals surface area contributed by atoms with Crippen molar-refractivity contribution in [1.82, 2.24) is 16.1 Å². The average molecular weight is 370 g/mol. The van der Waals surface area contributed by atoms with E-state index >= 15 is 0 Å².